The minimum Gasteiger partial charge on any atom is -1.00 e. The van der Waals surface area contributed by atoms with E-state index in [0.29, 0.717) is 3.63 Å². The Labute approximate surface area is 251 Å². The average Bonchev–Trinajstić information content (AvgIpc) is 3.49. The second-order valence-electron chi connectivity index (χ2n) is 12.8. The first-order chi connectivity index (χ1) is 17.2. The first-order valence-corrected chi connectivity index (χ1v) is 17.7. The Morgan fingerprint density at radius 3 is 1.82 bits per heavy atom. The van der Waals surface area contributed by atoms with Crippen LogP contribution in [0.3, 0.4) is 0 Å². The fraction of sp³-hybridized carbons (Fsp3) is 0.400. The molecule has 1 unspecified atom stereocenters. The van der Waals surface area contributed by atoms with Gasteiger partial charge < -0.3 is 24.8 Å². The fourth-order valence-electron chi connectivity index (χ4n) is 6.63. The molecule has 5 rings (SSSR count). The molecule has 0 aromatic heterocycles. The van der Waals surface area contributed by atoms with Gasteiger partial charge in [0.1, 0.15) is 0 Å². The van der Waals surface area contributed by atoms with Gasteiger partial charge in [-0.3, -0.25) is 0 Å². The number of benzene rings is 2. The van der Waals surface area contributed by atoms with Crippen LogP contribution in [0.4, 0.5) is 0 Å². The van der Waals surface area contributed by atoms with Crippen molar-refractivity contribution in [3.8, 4) is 0 Å². The van der Waals surface area contributed by atoms with Crippen LogP contribution in [0.25, 0.3) is 0 Å². The molecule has 38 heavy (non-hydrogen) atoms. The molecule has 3 heteroatoms. The summed E-state index contributed by atoms with van der Waals surface area (Å²) in [5.74, 6) is 0. The summed E-state index contributed by atoms with van der Waals surface area (Å²) in [7, 11) is 0. The number of rotatable bonds is 4. The number of hydrogen-bond donors (Lipinski definition) is 0. The van der Waals surface area contributed by atoms with Crippen molar-refractivity contribution in [3.05, 3.63) is 116 Å². The molecule has 1 atom stereocenters. The molecule has 0 nitrogen and oxygen atoms in total. The molecule has 0 heterocycles. The van der Waals surface area contributed by atoms with Gasteiger partial charge >= 0.3 is 228 Å². The fourth-order valence-corrected chi connectivity index (χ4v) is 16.5. The molecule has 3 aliphatic carbocycles. The minimum absolute atomic E-state index is 0. The van der Waals surface area contributed by atoms with Crippen molar-refractivity contribution in [1.29, 1.82) is 0 Å². The summed E-state index contributed by atoms with van der Waals surface area (Å²) in [6.07, 6.45) is 14.2. The maximum Gasteiger partial charge on any atom is -1.00 e. The molecular weight excluding hydrogens is 583 g/mol. The Morgan fingerprint density at radius 2 is 1.29 bits per heavy atom. The molecule has 0 aliphatic heterocycles. The molecule has 3 aliphatic rings. The summed E-state index contributed by atoms with van der Waals surface area (Å²) in [5, 5.41) is 0. The SMILES string of the molecule is CC(C)(C)C1=CC[C]([Zr+2](=[C](c2ccccc2)c2ccccc2)[CH]2C=CC3=C2CCCC3)=C1C(C)(C)C.[Cl-].[Cl-]. The van der Waals surface area contributed by atoms with Gasteiger partial charge in [0.2, 0.25) is 0 Å². The van der Waals surface area contributed by atoms with E-state index >= 15 is 0 Å². The number of allylic oxidation sites excluding steroid dienone is 8. The van der Waals surface area contributed by atoms with Gasteiger partial charge in [-0.25, -0.2) is 0 Å². The number of hydrogen-bond acceptors (Lipinski definition) is 0. The molecule has 200 valence electrons. The summed E-state index contributed by atoms with van der Waals surface area (Å²) in [4.78, 5) is 0. The van der Waals surface area contributed by atoms with E-state index in [1.165, 1.54) is 36.8 Å². The van der Waals surface area contributed by atoms with E-state index in [9.17, 15) is 0 Å². The topological polar surface area (TPSA) is 0 Å². The molecule has 2 aromatic carbocycles. The molecule has 0 amide bonds. The van der Waals surface area contributed by atoms with Crippen molar-refractivity contribution in [2.24, 2.45) is 10.8 Å². The monoisotopic (exact) mass is 622 g/mol. The van der Waals surface area contributed by atoms with Crippen molar-refractivity contribution >= 4 is 3.21 Å². The Hall–Kier alpha value is -1.27. The molecule has 0 spiro atoms. The maximum atomic E-state index is 2.65. The second-order valence-corrected chi connectivity index (χ2v) is 19.1. The smallest absolute Gasteiger partial charge is 1.00 e. The first kappa shape index (κ1) is 31.3. The van der Waals surface area contributed by atoms with Crippen molar-refractivity contribution in [2.75, 3.05) is 0 Å². The Kier molecular flexibility index (Phi) is 10.3. The summed E-state index contributed by atoms with van der Waals surface area (Å²) in [6, 6.07) is 22.8. The third-order valence-corrected chi connectivity index (χ3v) is 16.4. The van der Waals surface area contributed by atoms with E-state index in [4.69, 9.17) is 0 Å². The predicted octanol–water partition coefficient (Wildman–Crippen LogP) is 3.79. The van der Waals surface area contributed by atoms with Crippen LogP contribution >= 0.6 is 0 Å². The molecular formula is C35H42Cl2Zr. The minimum atomic E-state index is -2.50. The van der Waals surface area contributed by atoms with Gasteiger partial charge in [0.05, 0.1) is 0 Å². The zero-order valence-electron chi connectivity index (χ0n) is 23.9. The maximum absolute atomic E-state index is 2.65. The first-order valence-electron chi connectivity index (χ1n) is 13.9. The third kappa shape index (κ3) is 6.22. The van der Waals surface area contributed by atoms with E-state index in [1.54, 1.807) is 25.5 Å². The van der Waals surface area contributed by atoms with Gasteiger partial charge in [0.25, 0.3) is 0 Å². The van der Waals surface area contributed by atoms with Crippen LogP contribution in [0.2, 0.25) is 3.63 Å². The summed E-state index contributed by atoms with van der Waals surface area (Å²) < 4.78 is 4.16. The van der Waals surface area contributed by atoms with Crippen molar-refractivity contribution in [1.82, 2.24) is 0 Å². The normalized spacial score (nSPS) is 18.8. The molecule has 0 saturated heterocycles. The predicted molar refractivity (Wildman–Crippen MR) is 153 cm³/mol. The van der Waals surface area contributed by atoms with Crippen molar-refractivity contribution < 1.29 is 46.1 Å². The van der Waals surface area contributed by atoms with Gasteiger partial charge in [-0.1, -0.05) is 0 Å². The van der Waals surface area contributed by atoms with E-state index in [2.05, 4.69) is 120 Å². The van der Waals surface area contributed by atoms with Crippen LogP contribution in [0.1, 0.15) is 84.8 Å². The molecule has 0 N–H and O–H groups in total. The Bertz CT molecular complexity index is 1250. The van der Waals surface area contributed by atoms with Crippen LogP contribution in [-0.4, -0.2) is 3.21 Å². The van der Waals surface area contributed by atoms with Crippen molar-refractivity contribution in [2.45, 2.75) is 77.3 Å². The average molecular weight is 625 g/mol. The van der Waals surface area contributed by atoms with Gasteiger partial charge in [-0.05, 0) is 0 Å². The number of halogens is 2. The van der Waals surface area contributed by atoms with Gasteiger partial charge in [-0.2, -0.15) is 0 Å². The van der Waals surface area contributed by atoms with Gasteiger partial charge in [0.15, 0.2) is 0 Å². The summed E-state index contributed by atoms with van der Waals surface area (Å²) >= 11 is -2.50. The van der Waals surface area contributed by atoms with Crippen LogP contribution in [-0.2, 0) is 21.3 Å². The van der Waals surface area contributed by atoms with Gasteiger partial charge in [-0.15, -0.1) is 0 Å². The second kappa shape index (κ2) is 12.5. The quantitative estimate of drug-likeness (QED) is 0.486. The van der Waals surface area contributed by atoms with E-state index < -0.39 is 21.3 Å². The summed E-state index contributed by atoms with van der Waals surface area (Å²) in [5.41, 5.74) is 9.95. The summed E-state index contributed by atoms with van der Waals surface area (Å²) in [6.45, 7) is 14.6. The van der Waals surface area contributed by atoms with Crippen LogP contribution in [0.5, 0.6) is 0 Å². The van der Waals surface area contributed by atoms with Crippen LogP contribution in [0.15, 0.2) is 104 Å². The zero-order chi connectivity index (χ0) is 25.5. The Balaban J connectivity index is 0.00000200. The van der Waals surface area contributed by atoms with Crippen LogP contribution in [0, 0.1) is 10.8 Å². The third-order valence-electron chi connectivity index (χ3n) is 8.09. The van der Waals surface area contributed by atoms with Crippen LogP contribution < -0.4 is 24.8 Å². The molecule has 0 saturated carbocycles. The standard InChI is InChI=1S/C13H10.C13H21.C9H11.2ClH.Zr/c1-3-7-12(8-4-1)11-13-9-5-2-6-10-13;1-12(2,3)10-8-7-9-11(10)13(4,5)6;1-2-5-9-7-3-6-8(9)4-1;;;/h1-10H;8H,7H2,1-6H3;3,6-7H,1-2,4-5H2;2*1H;/q;;;;;+2/p-2. The Morgan fingerprint density at radius 1 is 0.737 bits per heavy atom. The molecule has 2 aromatic rings. The van der Waals surface area contributed by atoms with E-state index in [1.807, 2.05) is 3.28 Å². The van der Waals surface area contributed by atoms with Gasteiger partial charge in [0, 0.05) is 0 Å². The molecule has 0 fully saturated rings. The largest absolute Gasteiger partial charge is 1.00 e. The molecule has 0 bridgehead atoms. The van der Waals surface area contributed by atoms with E-state index in [-0.39, 0.29) is 35.6 Å². The molecule has 0 radical (unpaired) electrons. The van der Waals surface area contributed by atoms with E-state index in [0.717, 1.165) is 6.42 Å². The zero-order valence-corrected chi connectivity index (χ0v) is 27.8. The van der Waals surface area contributed by atoms with Crippen molar-refractivity contribution in [3.63, 3.8) is 0 Å².